The van der Waals surface area contributed by atoms with Crippen molar-refractivity contribution in [1.29, 1.82) is 0 Å². The zero-order chi connectivity index (χ0) is 21.1. The van der Waals surface area contributed by atoms with E-state index in [4.69, 9.17) is 0 Å². The van der Waals surface area contributed by atoms with Gasteiger partial charge in [-0.05, 0) is 50.7 Å². The van der Waals surface area contributed by atoms with Crippen LogP contribution in [0.5, 0.6) is 0 Å². The predicted octanol–water partition coefficient (Wildman–Crippen LogP) is 3.15. The molecule has 1 aliphatic heterocycles. The van der Waals surface area contributed by atoms with Gasteiger partial charge in [0.1, 0.15) is 5.69 Å². The summed E-state index contributed by atoms with van der Waals surface area (Å²) >= 11 is 0. The molecule has 0 unspecified atom stereocenters. The smallest absolute Gasteiger partial charge is 0.293 e. The van der Waals surface area contributed by atoms with Crippen molar-refractivity contribution >= 4 is 23.2 Å². The van der Waals surface area contributed by atoms with E-state index in [0.717, 1.165) is 51.4 Å². The fourth-order valence-electron chi connectivity index (χ4n) is 4.52. The van der Waals surface area contributed by atoms with Gasteiger partial charge in [0.25, 0.3) is 11.6 Å². The topological polar surface area (TPSA) is 105 Å². The monoisotopic (exact) mass is 414 g/mol. The van der Waals surface area contributed by atoms with Gasteiger partial charge < -0.3 is 15.5 Å². The summed E-state index contributed by atoms with van der Waals surface area (Å²) in [7, 11) is 0. The lowest BCUT2D eigenvalue weighted by atomic mass is 9.88. The molecular weight excluding hydrogens is 384 g/mol. The molecule has 2 amide bonds. The third kappa shape index (κ3) is 4.91. The number of anilines is 1. The molecule has 0 bridgehead atoms. The number of piperidine rings is 1. The second kappa shape index (κ2) is 9.02. The zero-order valence-corrected chi connectivity index (χ0v) is 17.3. The van der Waals surface area contributed by atoms with E-state index in [1.807, 2.05) is 4.90 Å². The Morgan fingerprint density at radius 1 is 0.933 bits per heavy atom. The first kappa shape index (κ1) is 20.6. The van der Waals surface area contributed by atoms with E-state index in [0.29, 0.717) is 24.3 Å². The Morgan fingerprint density at radius 2 is 1.60 bits per heavy atom. The van der Waals surface area contributed by atoms with E-state index in [1.54, 1.807) is 12.1 Å². The minimum Gasteiger partial charge on any atom is -0.366 e. The summed E-state index contributed by atoms with van der Waals surface area (Å²) in [5.41, 5.74) is 0.829. The maximum atomic E-state index is 12.5. The van der Waals surface area contributed by atoms with E-state index >= 15 is 0 Å². The zero-order valence-electron chi connectivity index (χ0n) is 17.3. The minimum atomic E-state index is -0.416. The molecule has 4 rings (SSSR count). The summed E-state index contributed by atoms with van der Waals surface area (Å²) in [5, 5.41) is 17.7. The first-order chi connectivity index (χ1) is 14.5. The Balaban J connectivity index is 1.36. The number of benzene rings is 1. The molecule has 0 radical (unpaired) electrons. The number of nitro groups is 1. The van der Waals surface area contributed by atoms with E-state index in [-0.39, 0.29) is 35.5 Å². The molecule has 1 heterocycles. The first-order valence-corrected chi connectivity index (χ1v) is 11.2. The summed E-state index contributed by atoms with van der Waals surface area (Å²) in [6.45, 7) is 1.29. The number of hydrogen-bond acceptors (Lipinski definition) is 5. The molecular formula is C22H30N4O4. The van der Waals surface area contributed by atoms with E-state index in [1.165, 1.54) is 12.5 Å². The first-order valence-electron chi connectivity index (χ1n) is 11.2. The Labute approximate surface area is 176 Å². The van der Waals surface area contributed by atoms with Crippen molar-refractivity contribution in [3.8, 4) is 0 Å². The fraction of sp³-hybridized carbons (Fsp3) is 0.636. The number of amides is 2. The lowest BCUT2D eigenvalue weighted by Crippen LogP contribution is -2.46. The molecule has 1 aromatic carbocycles. The highest BCUT2D eigenvalue weighted by Crippen LogP contribution is 2.32. The highest BCUT2D eigenvalue weighted by Gasteiger charge is 2.29. The van der Waals surface area contributed by atoms with Crippen molar-refractivity contribution in [2.24, 2.45) is 5.92 Å². The standard InChI is InChI=1S/C22H30N4O4/c27-21(15-4-2-1-3-5-15)24-18-10-12-25(13-11-18)19-9-6-16(14-20(19)26(29)30)22(28)23-17-7-8-17/h6,9,14-15,17-18H,1-5,7-8,10-13H2,(H,23,28)(H,24,27). The third-order valence-corrected chi connectivity index (χ3v) is 6.50. The molecule has 162 valence electrons. The van der Waals surface area contributed by atoms with Gasteiger partial charge >= 0.3 is 0 Å². The van der Waals surface area contributed by atoms with E-state index in [2.05, 4.69) is 10.6 Å². The third-order valence-electron chi connectivity index (χ3n) is 6.50. The number of nitrogens with one attached hydrogen (secondary N) is 2. The average molecular weight is 415 g/mol. The summed E-state index contributed by atoms with van der Waals surface area (Å²) in [6, 6.07) is 5.05. The molecule has 2 aliphatic carbocycles. The van der Waals surface area contributed by atoms with E-state index < -0.39 is 4.92 Å². The summed E-state index contributed by atoms with van der Waals surface area (Å²) in [5.74, 6) is 0.0636. The van der Waals surface area contributed by atoms with Crippen LogP contribution in [0.4, 0.5) is 11.4 Å². The van der Waals surface area contributed by atoms with Crippen LogP contribution < -0.4 is 15.5 Å². The summed E-state index contributed by atoms with van der Waals surface area (Å²) in [4.78, 5) is 38.0. The van der Waals surface area contributed by atoms with Crippen LogP contribution in [0.25, 0.3) is 0 Å². The van der Waals surface area contributed by atoms with Crippen molar-refractivity contribution in [2.45, 2.75) is 69.9 Å². The van der Waals surface area contributed by atoms with Crippen LogP contribution in [-0.2, 0) is 4.79 Å². The van der Waals surface area contributed by atoms with Crippen molar-refractivity contribution in [3.63, 3.8) is 0 Å². The van der Waals surface area contributed by atoms with Crippen LogP contribution in [0, 0.1) is 16.0 Å². The molecule has 3 fully saturated rings. The molecule has 0 atom stereocenters. The Bertz CT molecular complexity index is 809. The van der Waals surface area contributed by atoms with Crippen LogP contribution in [0.1, 0.15) is 68.1 Å². The number of carbonyl (C=O) groups is 2. The van der Waals surface area contributed by atoms with Gasteiger partial charge in [0.05, 0.1) is 4.92 Å². The predicted molar refractivity (Wildman–Crippen MR) is 114 cm³/mol. The van der Waals surface area contributed by atoms with Crippen molar-refractivity contribution in [3.05, 3.63) is 33.9 Å². The number of hydrogen-bond donors (Lipinski definition) is 2. The summed E-state index contributed by atoms with van der Waals surface area (Å²) in [6.07, 6.45) is 8.93. The van der Waals surface area contributed by atoms with Gasteiger partial charge in [-0.25, -0.2) is 0 Å². The van der Waals surface area contributed by atoms with Gasteiger partial charge in [-0.15, -0.1) is 0 Å². The number of rotatable bonds is 6. The molecule has 1 saturated heterocycles. The second-order valence-corrected chi connectivity index (χ2v) is 8.81. The molecule has 2 saturated carbocycles. The molecule has 8 nitrogen and oxygen atoms in total. The van der Waals surface area contributed by atoms with Crippen LogP contribution in [0.15, 0.2) is 18.2 Å². The second-order valence-electron chi connectivity index (χ2n) is 8.81. The normalized spacial score (nSPS) is 20.6. The van der Waals surface area contributed by atoms with Gasteiger partial charge in [-0.3, -0.25) is 19.7 Å². The van der Waals surface area contributed by atoms with Crippen molar-refractivity contribution < 1.29 is 14.5 Å². The van der Waals surface area contributed by atoms with Gasteiger partial charge in [-0.2, -0.15) is 0 Å². The maximum absolute atomic E-state index is 12.5. The van der Waals surface area contributed by atoms with Crippen LogP contribution in [0.2, 0.25) is 0 Å². The molecule has 0 spiro atoms. The number of carbonyl (C=O) groups excluding carboxylic acids is 2. The molecule has 1 aromatic rings. The highest BCUT2D eigenvalue weighted by molar-refractivity contribution is 5.96. The van der Waals surface area contributed by atoms with Crippen molar-refractivity contribution in [2.75, 3.05) is 18.0 Å². The number of nitro benzene ring substituents is 1. The lowest BCUT2D eigenvalue weighted by Gasteiger charge is -2.34. The van der Waals surface area contributed by atoms with Gasteiger partial charge in [0.2, 0.25) is 5.91 Å². The van der Waals surface area contributed by atoms with Gasteiger partial charge in [-0.1, -0.05) is 19.3 Å². The summed E-state index contributed by atoms with van der Waals surface area (Å²) < 4.78 is 0. The Kier molecular flexibility index (Phi) is 6.20. The Morgan fingerprint density at radius 3 is 2.23 bits per heavy atom. The SMILES string of the molecule is O=C(NC1CC1)c1ccc(N2CCC(NC(=O)C3CCCCC3)CC2)c([N+](=O)[O-])c1. The van der Waals surface area contributed by atoms with Crippen LogP contribution in [-0.4, -0.2) is 41.9 Å². The van der Waals surface area contributed by atoms with Crippen LogP contribution in [0.3, 0.4) is 0 Å². The van der Waals surface area contributed by atoms with Gasteiger partial charge in [0, 0.05) is 42.7 Å². The fourth-order valence-corrected chi connectivity index (χ4v) is 4.52. The van der Waals surface area contributed by atoms with E-state index in [9.17, 15) is 19.7 Å². The van der Waals surface area contributed by atoms with Gasteiger partial charge in [0.15, 0.2) is 0 Å². The minimum absolute atomic E-state index is 0.0388. The molecule has 8 heteroatoms. The van der Waals surface area contributed by atoms with Crippen molar-refractivity contribution in [1.82, 2.24) is 10.6 Å². The molecule has 2 N–H and O–H groups in total. The average Bonchev–Trinajstić information content (AvgIpc) is 3.58. The molecule has 30 heavy (non-hydrogen) atoms. The highest BCUT2D eigenvalue weighted by atomic mass is 16.6. The Hall–Kier alpha value is -2.64. The lowest BCUT2D eigenvalue weighted by molar-refractivity contribution is -0.384. The number of nitrogens with zero attached hydrogens (tertiary/aromatic N) is 2. The molecule has 0 aromatic heterocycles. The quantitative estimate of drug-likeness (QED) is 0.550. The maximum Gasteiger partial charge on any atom is 0.293 e. The largest absolute Gasteiger partial charge is 0.366 e. The molecule has 3 aliphatic rings. The van der Waals surface area contributed by atoms with Crippen LogP contribution >= 0.6 is 0 Å².